The highest BCUT2D eigenvalue weighted by atomic mass is 16.3. The predicted octanol–water partition coefficient (Wildman–Crippen LogP) is 6.74. The largest absolute Gasteiger partial charge is 0.444 e. The van der Waals surface area contributed by atoms with Gasteiger partial charge in [0.15, 0.2) is 5.69 Å². The molecule has 5 nitrogen and oxygen atoms in total. The number of nitrogen functional groups attached to an aromatic ring is 1. The second kappa shape index (κ2) is 14.6. The molecule has 1 amide bonds. The summed E-state index contributed by atoms with van der Waals surface area (Å²) in [5, 5.41) is 2.93. The van der Waals surface area contributed by atoms with E-state index in [0.717, 1.165) is 18.4 Å². The molecular weight excluding hydrogens is 374 g/mol. The Hall–Kier alpha value is -2.30. The lowest BCUT2D eigenvalue weighted by Gasteiger charge is -2.04. The van der Waals surface area contributed by atoms with Crippen LogP contribution >= 0.6 is 0 Å². The van der Waals surface area contributed by atoms with Gasteiger partial charge in [-0.1, -0.05) is 84.0 Å². The van der Waals surface area contributed by atoms with Crippen LogP contribution in [-0.4, -0.2) is 17.4 Å². The first kappa shape index (κ1) is 24.0. The molecule has 1 aromatic heterocycles. The first-order valence-corrected chi connectivity index (χ1v) is 11.8. The fourth-order valence-corrected chi connectivity index (χ4v) is 3.57. The number of nitrogens with one attached hydrogen (secondary N) is 1. The van der Waals surface area contributed by atoms with E-state index in [0.29, 0.717) is 23.8 Å². The molecule has 3 N–H and O–H groups in total. The van der Waals surface area contributed by atoms with Crippen molar-refractivity contribution in [3.63, 3.8) is 0 Å². The van der Waals surface area contributed by atoms with Gasteiger partial charge in [-0.15, -0.1) is 0 Å². The number of unbranched alkanes of at least 4 members (excludes halogenated alkanes) is 12. The minimum atomic E-state index is -0.181. The van der Waals surface area contributed by atoms with E-state index in [1.165, 1.54) is 76.9 Å². The number of oxazole rings is 1. The van der Waals surface area contributed by atoms with Crippen LogP contribution in [0.1, 0.15) is 101 Å². The summed E-state index contributed by atoms with van der Waals surface area (Å²) in [5.74, 6) is 0.250. The van der Waals surface area contributed by atoms with Gasteiger partial charge in [0, 0.05) is 17.8 Å². The average molecular weight is 414 g/mol. The summed E-state index contributed by atoms with van der Waals surface area (Å²) in [6.45, 7) is 2.95. The zero-order chi connectivity index (χ0) is 21.4. The van der Waals surface area contributed by atoms with E-state index in [1.807, 2.05) is 12.1 Å². The molecule has 2 rings (SSSR count). The van der Waals surface area contributed by atoms with Gasteiger partial charge in [0.25, 0.3) is 5.91 Å². The number of nitrogens with zero attached hydrogens (tertiary/aromatic N) is 1. The molecule has 0 aliphatic heterocycles. The zero-order valence-electron chi connectivity index (χ0n) is 18.6. The van der Waals surface area contributed by atoms with Gasteiger partial charge in [-0.05, 0) is 30.7 Å². The van der Waals surface area contributed by atoms with Gasteiger partial charge in [0.05, 0.1) is 0 Å². The fraction of sp³-hybridized carbons (Fsp3) is 0.600. The number of benzene rings is 1. The number of amides is 1. The van der Waals surface area contributed by atoms with Gasteiger partial charge in [0.2, 0.25) is 5.89 Å². The summed E-state index contributed by atoms with van der Waals surface area (Å²) in [7, 11) is 0. The Morgan fingerprint density at radius 1 is 0.867 bits per heavy atom. The van der Waals surface area contributed by atoms with Crippen LogP contribution in [-0.2, 0) is 0 Å². The van der Waals surface area contributed by atoms with Gasteiger partial charge >= 0.3 is 0 Å². The Balaban J connectivity index is 1.46. The topological polar surface area (TPSA) is 81.2 Å². The molecule has 0 unspecified atom stereocenters. The molecule has 30 heavy (non-hydrogen) atoms. The molecular formula is C25H39N3O2. The van der Waals surface area contributed by atoms with Crippen LogP contribution in [0.15, 0.2) is 34.9 Å². The summed E-state index contributed by atoms with van der Waals surface area (Å²) in [6, 6.07) is 7.23. The van der Waals surface area contributed by atoms with Gasteiger partial charge < -0.3 is 15.5 Å². The Morgan fingerprint density at radius 3 is 1.97 bits per heavy atom. The van der Waals surface area contributed by atoms with Crippen molar-refractivity contribution in [3.05, 3.63) is 36.2 Å². The second-order valence-corrected chi connectivity index (χ2v) is 8.16. The summed E-state index contributed by atoms with van der Waals surface area (Å²) in [5.41, 5.74) is 7.49. The maximum Gasteiger partial charge on any atom is 0.273 e. The molecule has 166 valence electrons. The SMILES string of the molecule is CCCCCCCCCCCCCCCNC(=O)c1coc(-c2ccc(N)cc2)n1. The fourth-order valence-electron chi connectivity index (χ4n) is 3.57. The third kappa shape index (κ3) is 9.47. The second-order valence-electron chi connectivity index (χ2n) is 8.16. The summed E-state index contributed by atoms with van der Waals surface area (Å²) in [4.78, 5) is 16.5. The maximum atomic E-state index is 12.2. The molecule has 5 heteroatoms. The number of carbonyl (C=O) groups excluding carboxylic acids is 1. The number of aromatic nitrogens is 1. The normalized spacial score (nSPS) is 11.0. The Kier molecular flexibility index (Phi) is 11.7. The number of nitrogens with two attached hydrogens (primary N) is 1. The molecule has 0 bridgehead atoms. The van der Waals surface area contributed by atoms with E-state index in [-0.39, 0.29) is 5.91 Å². The van der Waals surface area contributed by atoms with Crippen molar-refractivity contribution in [1.82, 2.24) is 10.3 Å². The molecule has 2 aromatic rings. The smallest absolute Gasteiger partial charge is 0.273 e. The molecule has 0 aliphatic rings. The lowest BCUT2D eigenvalue weighted by molar-refractivity contribution is 0.0948. The number of anilines is 1. The lowest BCUT2D eigenvalue weighted by atomic mass is 10.0. The maximum absolute atomic E-state index is 12.2. The minimum absolute atomic E-state index is 0.181. The van der Waals surface area contributed by atoms with Crippen molar-refractivity contribution in [2.45, 2.75) is 90.4 Å². The molecule has 0 saturated carbocycles. The molecule has 0 aliphatic carbocycles. The Labute approximate surface area is 181 Å². The number of carbonyl (C=O) groups is 1. The van der Waals surface area contributed by atoms with Crippen LogP contribution < -0.4 is 11.1 Å². The molecule has 0 radical (unpaired) electrons. The molecule has 0 atom stereocenters. The highest BCUT2D eigenvalue weighted by Crippen LogP contribution is 2.20. The Bertz CT molecular complexity index is 709. The molecule has 0 fully saturated rings. The molecule has 1 heterocycles. The van der Waals surface area contributed by atoms with Crippen LogP contribution in [0.2, 0.25) is 0 Å². The van der Waals surface area contributed by atoms with Gasteiger partial charge in [-0.25, -0.2) is 4.98 Å². The van der Waals surface area contributed by atoms with Crippen LogP contribution in [0.3, 0.4) is 0 Å². The van der Waals surface area contributed by atoms with E-state index in [4.69, 9.17) is 10.2 Å². The van der Waals surface area contributed by atoms with Crippen molar-refractivity contribution in [2.24, 2.45) is 0 Å². The van der Waals surface area contributed by atoms with E-state index in [9.17, 15) is 4.79 Å². The van der Waals surface area contributed by atoms with Crippen LogP contribution in [0.5, 0.6) is 0 Å². The number of rotatable bonds is 16. The van der Waals surface area contributed by atoms with Gasteiger partial charge in [-0.3, -0.25) is 4.79 Å². The third-order valence-corrected chi connectivity index (χ3v) is 5.46. The summed E-state index contributed by atoms with van der Waals surface area (Å²) >= 11 is 0. The predicted molar refractivity (Wildman–Crippen MR) is 124 cm³/mol. The lowest BCUT2D eigenvalue weighted by Crippen LogP contribution is -2.24. The van der Waals surface area contributed by atoms with E-state index in [2.05, 4.69) is 17.2 Å². The molecule has 0 spiro atoms. The number of hydrogen-bond acceptors (Lipinski definition) is 4. The quantitative estimate of drug-likeness (QED) is 0.236. The van der Waals surface area contributed by atoms with E-state index in [1.54, 1.807) is 12.1 Å². The summed E-state index contributed by atoms with van der Waals surface area (Å²) < 4.78 is 5.42. The first-order chi connectivity index (χ1) is 14.7. The van der Waals surface area contributed by atoms with Crippen molar-refractivity contribution in [1.29, 1.82) is 0 Å². The summed E-state index contributed by atoms with van der Waals surface area (Å²) in [6.07, 6.45) is 18.6. The first-order valence-electron chi connectivity index (χ1n) is 11.8. The zero-order valence-corrected chi connectivity index (χ0v) is 18.6. The Morgan fingerprint density at radius 2 is 1.40 bits per heavy atom. The molecule has 1 aromatic carbocycles. The van der Waals surface area contributed by atoms with Gasteiger partial charge in [-0.2, -0.15) is 0 Å². The van der Waals surface area contributed by atoms with Crippen molar-refractivity contribution >= 4 is 11.6 Å². The van der Waals surface area contributed by atoms with Crippen molar-refractivity contribution in [3.8, 4) is 11.5 Å². The van der Waals surface area contributed by atoms with Crippen LogP contribution in [0.25, 0.3) is 11.5 Å². The van der Waals surface area contributed by atoms with Crippen LogP contribution in [0, 0.1) is 0 Å². The highest BCUT2D eigenvalue weighted by Gasteiger charge is 2.12. The van der Waals surface area contributed by atoms with Crippen LogP contribution in [0.4, 0.5) is 5.69 Å². The van der Waals surface area contributed by atoms with E-state index >= 15 is 0 Å². The van der Waals surface area contributed by atoms with E-state index < -0.39 is 0 Å². The molecule has 0 saturated heterocycles. The highest BCUT2D eigenvalue weighted by molar-refractivity contribution is 5.92. The third-order valence-electron chi connectivity index (χ3n) is 5.46. The monoisotopic (exact) mass is 413 g/mol. The van der Waals surface area contributed by atoms with Gasteiger partial charge in [0.1, 0.15) is 6.26 Å². The number of hydrogen-bond donors (Lipinski definition) is 2. The van der Waals surface area contributed by atoms with Crippen molar-refractivity contribution in [2.75, 3.05) is 12.3 Å². The average Bonchev–Trinajstić information content (AvgIpc) is 3.25. The standard InChI is InChI=1S/C25H39N3O2/c1-2-3-4-5-6-7-8-9-10-11-12-13-14-19-27-24(29)23-20-30-25(28-23)21-15-17-22(26)18-16-21/h15-18,20H,2-14,19,26H2,1H3,(H,27,29). The minimum Gasteiger partial charge on any atom is -0.444 e. The van der Waals surface area contributed by atoms with Crippen molar-refractivity contribution < 1.29 is 9.21 Å².